The lowest BCUT2D eigenvalue weighted by molar-refractivity contribution is -0.147. The van der Waals surface area contributed by atoms with Gasteiger partial charge in [-0.2, -0.15) is 12.6 Å². The zero-order valence-electron chi connectivity index (χ0n) is 28.5. The Morgan fingerprint density at radius 1 is 0.680 bits per heavy atom. The molecule has 3 amide bonds. The van der Waals surface area contributed by atoms with E-state index in [4.69, 9.17) is 9.47 Å². The highest BCUT2D eigenvalue weighted by atomic mass is 79.9. The summed E-state index contributed by atoms with van der Waals surface area (Å²) in [5.41, 5.74) is 0. The van der Waals surface area contributed by atoms with Crippen LogP contribution in [0.1, 0.15) is 46.0 Å². The third-order valence-corrected chi connectivity index (χ3v) is 12.7. The number of hydrogen-bond acceptors (Lipinski definition) is 8. The number of hydrogen-bond donors (Lipinski definition) is 4. The lowest BCUT2D eigenvalue weighted by Gasteiger charge is -2.27. The van der Waals surface area contributed by atoms with Gasteiger partial charge < -0.3 is 42.4 Å². The molecule has 0 fully saturated rings. The molecule has 50 heavy (non-hydrogen) atoms. The topological polar surface area (TPSA) is 140 Å². The van der Waals surface area contributed by atoms with Crippen molar-refractivity contribution < 1.29 is 50.4 Å². The maximum absolute atomic E-state index is 13.1. The van der Waals surface area contributed by atoms with E-state index in [1.807, 2.05) is 18.2 Å². The molecule has 3 aromatic rings. The van der Waals surface area contributed by atoms with Crippen LogP contribution < -0.4 is 48.8 Å². The van der Waals surface area contributed by atoms with Crippen molar-refractivity contribution in [1.29, 1.82) is 0 Å². The minimum absolute atomic E-state index is 0. The van der Waals surface area contributed by atoms with E-state index in [9.17, 15) is 24.0 Å². The number of halogens is 1. The van der Waals surface area contributed by atoms with Crippen LogP contribution >= 0.6 is 19.9 Å². The Balaban J connectivity index is 0.00000867. The number of carbonyl (C=O) groups is 5. The summed E-state index contributed by atoms with van der Waals surface area (Å²) in [6, 6.07) is 29.6. The highest BCUT2D eigenvalue weighted by Crippen LogP contribution is 2.55. The summed E-state index contributed by atoms with van der Waals surface area (Å²) in [7, 11) is -2.03. The number of esters is 2. The van der Waals surface area contributed by atoms with Crippen molar-refractivity contribution in [2.75, 3.05) is 31.7 Å². The summed E-state index contributed by atoms with van der Waals surface area (Å²) >= 11 is 4.13. The quantitative estimate of drug-likeness (QED) is 0.0551. The Bertz CT molecular complexity index is 1410. The van der Waals surface area contributed by atoms with Gasteiger partial charge in [0.25, 0.3) is 0 Å². The van der Waals surface area contributed by atoms with Crippen molar-refractivity contribution in [2.24, 2.45) is 0 Å². The first-order valence-electron chi connectivity index (χ1n) is 16.6. The van der Waals surface area contributed by atoms with Crippen LogP contribution in [0.15, 0.2) is 91.0 Å². The predicted molar refractivity (Wildman–Crippen MR) is 197 cm³/mol. The SMILES string of the molecule is CCOC(=O)CNC(=O)[C@H](CS)NC(=O)CC[C@H](NC(=O)CCCC[P+](c1ccccc1)(c1ccccc1)c1ccccc1)C(=O)OCC.[Br-]. The molecular weight excluding hydrogens is 741 g/mol. The molecule has 0 saturated carbocycles. The van der Waals surface area contributed by atoms with Gasteiger partial charge in [-0.3, -0.25) is 19.2 Å². The smallest absolute Gasteiger partial charge is 0.328 e. The molecule has 0 aromatic heterocycles. The monoisotopic (exact) mass is 787 g/mol. The van der Waals surface area contributed by atoms with Gasteiger partial charge in [-0.1, -0.05) is 54.6 Å². The summed E-state index contributed by atoms with van der Waals surface area (Å²) in [5, 5.41) is 11.5. The Labute approximate surface area is 311 Å². The largest absolute Gasteiger partial charge is 1.00 e. The molecule has 3 rings (SSSR count). The number of nitrogens with one attached hydrogen (secondary N) is 3. The molecule has 13 heteroatoms. The highest BCUT2D eigenvalue weighted by Gasteiger charge is 2.44. The maximum atomic E-state index is 13.1. The molecule has 0 spiro atoms. The van der Waals surface area contributed by atoms with E-state index in [1.165, 1.54) is 15.9 Å². The second kappa shape index (κ2) is 22.9. The minimum Gasteiger partial charge on any atom is -1.00 e. The summed E-state index contributed by atoms with van der Waals surface area (Å²) < 4.78 is 9.96. The summed E-state index contributed by atoms with van der Waals surface area (Å²) in [6.45, 7) is 3.27. The van der Waals surface area contributed by atoms with Crippen LogP contribution in [0.5, 0.6) is 0 Å². The van der Waals surface area contributed by atoms with Crippen LogP contribution in [0.3, 0.4) is 0 Å². The van der Waals surface area contributed by atoms with Crippen LogP contribution in [0.4, 0.5) is 0 Å². The van der Waals surface area contributed by atoms with Gasteiger partial charge in [-0.25, -0.2) is 4.79 Å². The Kier molecular flexibility index (Phi) is 19.4. The molecule has 0 saturated heterocycles. The standard InChI is InChI=1S/C37H46N3O7PS.BrH/c1-3-46-35(43)26-38-36(44)32(27-49)40-34(42)24-23-31(37(45)47-4-2)39-33(41)22-14-15-25-48(28-16-8-5-9-17-28,29-18-10-6-11-19-29)30-20-12-7-13-21-30;/h5-13,16-21,31-32H,3-4,14-15,22-27H2,1-2H3,(H3-,38,39,40,41,42,44,49);1H/t31-,32-;/m0./s1. The Hall–Kier alpha value is -3.73. The fourth-order valence-corrected chi connectivity index (χ4v) is 10.2. The number of benzene rings is 3. The van der Waals surface area contributed by atoms with Gasteiger partial charge in [0.2, 0.25) is 17.7 Å². The third-order valence-electron chi connectivity index (χ3n) is 7.85. The van der Waals surface area contributed by atoms with Crippen molar-refractivity contribution in [1.82, 2.24) is 16.0 Å². The lowest BCUT2D eigenvalue weighted by atomic mass is 10.1. The summed E-state index contributed by atoms with van der Waals surface area (Å²) in [5.74, 6) is -2.67. The average molecular weight is 789 g/mol. The van der Waals surface area contributed by atoms with Gasteiger partial charge in [-0.15, -0.1) is 0 Å². The molecule has 0 aliphatic heterocycles. The molecule has 0 heterocycles. The number of unbranched alkanes of at least 4 members (excludes halogenated alkanes) is 1. The number of ether oxygens (including phenoxy) is 2. The van der Waals surface area contributed by atoms with E-state index >= 15 is 0 Å². The van der Waals surface area contributed by atoms with E-state index in [0.29, 0.717) is 6.42 Å². The highest BCUT2D eigenvalue weighted by molar-refractivity contribution is 7.95. The molecule has 0 unspecified atom stereocenters. The molecule has 0 radical (unpaired) electrons. The number of rotatable bonds is 20. The first kappa shape index (κ1) is 42.4. The van der Waals surface area contributed by atoms with Gasteiger partial charge >= 0.3 is 11.9 Å². The Morgan fingerprint density at radius 2 is 1.16 bits per heavy atom. The van der Waals surface area contributed by atoms with E-state index in [2.05, 4.69) is 101 Å². The predicted octanol–water partition coefficient (Wildman–Crippen LogP) is 0.0768. The van der Waals surface area contributed by atoms with E-state index in [1.54, 1.807) is 13.8 Å². The van der Waals surface area contributed by atoms with Crippen LogP contribution in [0.2, 0.25) is 0 Å². The zero-order chi connectivity index (χ0) is 35.5. The number of thiol groups is 1. The van der Waals surface area contributed by atoms with Crippen molar-refractivity contribution >= 4 is 65.5 Å². The van der Waals surface area contributed by atoms with Crippen molar-refractivity contribution in [2.45, 2.75) is 58.0 Å². The minimum atomic E-state index is -2.03. The van der Waals surface area contributed by atoms with Gasteiger partial charge in [-0.05, 0) is 69.5 Å². The molecule has 2 atom stereocenters. The average Bonchev–Trinajstić information content (AvgIpc) is 3.12. The van der Waals surface area contributed by atoms with E-state index in [-0.39, 0.29) is 67.7 Å². The number of amides is 3. The summed E-state index contributed by atoms with van der Waals surface area (Å²) in [6.07, 6.45) is 2.25. The second-order valence-electron chi connectivity index (χ2n) is 11.2. The van der Waals surface area contributed by atoms with Crippen molar-refractivity contribution in [3.05, 3.63) is 91.0 Å². The molecule has 270 valence electrons. The lowest BCUT2D eigenvalue weighted by Crippen LogP contribution is -3.00. The van der Waals surface area contributed by atoms with Crippen LogP contribution in [0, 0.1) is 0 Å². The molecule has 3 N–H and O–H groups in total. The van der Waals surface area contributed by atoms with Crippen LogP contribution in [-0.2, 0) is 33.4 Å². The van der Waals surface area contributed by atoms with Crippen molar-refractivity contribution in [3.8, 4) is 0 Å². The molecule has 0 bridgehead atoms. The molecule has 0 aliphatic rings. The van der Waals surface area contributed by atoms with Gasteiger partial charge in [0.1, 0.15) is 41.8 Å². The maximum Gasteiger partial charge on any atom is 0.328 e. The molecule has 10 nitrogen and oxygen atoms in total. The first-order valence-corrected chi connectivity index (χ1v) is 19.2. The fraction of sp³-hybridized carbons (Fsp3) is 0.378. The van der Waals surface area contributed by atoms with Gasteiger partial charge in [0.15, 0.2) is 0 Å². The second-order valence-corrected chi connectivity index (χ2v) is 15.2. The van der Waals surface area contributed by atoms with E-state index in [0.717, 1.165) is 12.6 Å². The van der Waals surface area contributed by atoms with Gasteiger partial charge in [0, 0.05) is 18.6 Å². The molecule has 3 aromatic carbocycles. The first-order chi connectivity index (χ1) is 23.7. The van der Waals surface area contributed by atoms with Crippen LogP contribution in [0.25, 0.3) is 0 Å². The molecular formula is C37H47BrN3O7PS. The van der Waals surface area contributed by atoms with Crippen LogP contribution in [-0.4, -0.2) is 73.4 Å². The Morgan fingerprint density at radius 3 is 1.64 bits per heavy atom. The molecule has 0 aliphatic carbocycles. The third kappa shape index (κ3) is 12.9. The van der Waals surface area contributed by atoms with Gasteiger partial charge in [0.05, 0.1) is 19.4 Å². The van der Waals surface area contributed by atoms with E-state index < -0.39 is 43.1 Å². The van der Waals surface area contributed by atoms with Crippen molar-refractivity contribution in [3.63, 3.8) is 0 Å². The normalized spacial score (nSPS) is 12.0. The summed E-state index contributed by atoms with van der Waals surface area (Å²) in [4.78, 5) is 62.5. The zero-order valence-corrected chi connectivity index (χ0v) is 31.9. The fourth-order valence-electron chi connectivity index (χ4n) is 5.51. The number of carbonyl (C=O) groups excluding carboxylic acids is 5.